The van der Waals surface area contributed by atoms with Gasteiger partial charge in [0.05, 0.1) is 12.1 Å². The highest BCUT2D eigenvalue weighted by Gasteiger charge is 2.35. The third kappa shape index (κ3) is 5.64. The van der Waals surface area contributed by atoms with E-state index in [1.54, 1.807) is 11.1 Å². The lowest BCUT2D eigenvalue weighted by Gasteiger charge is -2.17. The van der Waals surface area contributed by atoms with Gasteiger partial charge in [-0.1, -0.05) is 35.9 Å². The second-order valence-corrected chi connectivity index (χ2v) is 8.76. The Morgan fingerprint density at radius 1 is 1.12 bits per heavy atom. The molecule has 7 heteroatoms. The Morgan fingerprint density at radius 2 is 1.88 bits per heavy atom. The largest absolute Gasteiger partial charge is 0.489 e. The van der Waals surface area contributed by atoms with Gasteiger partial charge in [-0.25, -0.2) is 5.43 Å². The number of amides is 2. The highest BCUT2D eigenvalue weighted by Crippen LogP contribution is 2.27. The summed E-state index contributed by atoms with van der Waals surface area (Å²) in [5.41, 5.74) is 7.39. The molecule has 1 fully saturated rings. The van der Waals surface area contributed by atoms with Crippen molar-refractivity contribution >= 4 is 35.3 Å². The van der Waals surface area contributed by atoms with E-state index in [0.717, 1.165) is 22.4 Å². The molecule has 1 saturated heterocycles. The normalized spacial score (nSPS) is 15.7. The lowest BCUT2D eigenvalue weighted by atomic mass is 10.1. The molecular weight excluding hydrogens is 450 g/mol. The molecule has 0 unspecified atom stereocenters. The average molecular weight is 476 g/mol. The smallest absolute Gasteiger partial charge is 0.245 e. The summed E-state index contributed by atoms with van der Waals surface area (Å²) < 4.78 is 5.77. The Balaban J connectivity index is 1.28. The van der Waals surface area contributed by atoms with E-state index in [0.29, 0.717) is 23.9 Å². The molecule has 0 spiro atoms. The molecule has 0 saturated carbocycles. The summed E-state index contributed by atoms with van der Waals surface area (Å²) >= 11 is 6.15. The zero-order valence-electron chi connectivity index (χ0n) is 19.1. The van der Waals surface area contributed by atoms with E-state index in [9.17, 15) is 9.59 Å². The van der Waals surface area contributed by atoms with Crippen LogP contribution in [0.4, 0.5) is 5.69 Å². The first kappa shape index (κ1) is 23.5. The van der Waals surface area contributed by atoms with Crippen LogP contribution < -0.4 is 15.1 Å². The van der Waals surface area contributed by atoms with Crippen LogP contribution in [-0.2, 0) is 16.2 Å². The molecule has 1 atom stereocenters. The molecule has 0 bridgehead atoms. The fourth-order valence-electron chi connectivity index (χ4n) is 3.71. The number of halogens is 1. The molecule has 34 heavy (non-hydrogen) atoms. The maximum atomic E-state index is 12.5. The predicted octanol–water partition coefficient (Wildman–Crippen LogP) is 5.04. The number of ether oxygens (including phenoxy) is 1. The number of aryl methyl sites for hydroxylation is 2. The van der Waals surface area contributed by atoms with Gasteiger partial charge < -0.3 is 9.64 Å². The Labute approximate surface area is 204 Å². The first-order valence-corrected chi connectivity index (χ1v) is 11.5. The summed E-state index contributed by atoms with van der Waals surface area (Å²) in [5.74, 6) is -0.0563. The molecule has 174 valence electrons. The van der Waals surface area contributed by atoms with Crippen molar-refractivity contribution in [2.24, 2.45) is 11.0 Å². The standard InChI is InChI=1S/C27H26ClN3O3/c1-18-7-10-23(13-19(18)2)31-16-22(14-26(31)32)27(33)30-29-15-20-8-11-24(12-9-20)34-17-21-5-3-4-6-25(21)28/h3-13,15,22H,14,16-17H2,1-2H3,(H,30,33)/b29-15-/t22-/m0/s1. The maximum absolute atomic E-state index is 12.5. The van der Waals surface area contributed by atoms with E-state index in [2.05, 4.69) is 10.5 Å². The predicted molar refractivity (Wildman–Crippen MR) is 134 cm³/mol. The molecule has 2 amide bonds. The van der Waals surface area contributed by atoms with Crippen molar-refractivity contribution in [3.05, 3.63) is 94.0 Å². The van der Waals surface area contributed by atoms with Crippen LogP contribution in [0.2, 0.25) is 5.02 Å². The van der Waals surface area contributed by atoms with E-state index >= 15 is 0 Å². The highest BCUT2D eigenvalue weighted by molar-refractivity contribution is 6.31. The van der Waals surface area contributed by atoms with Crippen LogP contribution >= 0.6 is 11.6 Å². The van der Waals surface area contributed by atoms with Crippen molar-refractivity contribution in [3.63, 3.8) is 0 Å². The monoisotopic (exact) mass is 475 g/mol. The van der Waals surface area contributed by atoms with Crippen LogP contribution in [0.1, 0.15) is 28.7 Å². The first-order chi connectivity index (χ1) is 16.4. The number of hydrogen-bond acceptors (Lipinski definition) is 4. The van der Waals surface area contributed by atoms with E-state index in [-0.39, 0.29) is 18.2 Å². The molecule has 6 nitrogen and oxygen atoms in total. The molecule has 1 heterocycles. The van der Waals surface area contributed by atoms with Crippen molar-refractivity contribution in [1.82, 2.24) is 5.43 Å². The number of rotatable bonds is 7. The van der Waals surface area contributed by atoms with Gasteiger partial charge in [0.2, 0.25) is 11.8 Å². The molecular formula is C27H26ClN3O3. The first-order valence-electron chi connectivity index (χ1n) is 11.1. The van der Waals surface area contributed by atoms with Gasteiger partial charge in [0.25, 0.3) is 0 Å². The van der Waals surface area contributed by atoms with Gasteiger partial charge in [-0.2, -0.15) is 5.10 Å². The molecule has 1 aliphatic rings. The number of nitrogens with zero attached hydrogens (tertiary/aromatic N) is 2. The van der Waals surface area contributed by atoms with Gasteiger partial charge in [0.1, 0.15) is 12.4 Å². The summed E-state index contributed by atoms with van der Waals surface area (Å²) in [7, 11) is 0. The van der Waals surface area contributed by atoms with Crippen molar-refractivity contribution < 1.29 is 14.3 Å². The Bertz CT molecular complexity index is 1220. The zero-order chi connectivity index (χ0) is 24.1. The maximum Gasteiger partial charge on any atom is 0.245 e. The second kappa shape index (κ2) is 10.5. The molecule has 3 aromatic carbocycles. The number of hydrazone groups is 1. The number of hydrogen-bond donors (Lipinski definition) is 1. The van der Waals surface area contributed by atoms with Crippen LogP contribution in [0.3, 0.4) is 0 Å². The number of carbonyl (C=O) groups is 2. The van der Waals surface area contributed by atoms with Gasteiger partial charge in [0, 0.05) is 29.2 Å². The third-order valence-corrected chi connectivity index (χ3v) is 6.29. The van der Waals surface area contributed by atoms with Gasteiger partial charge in [-0.15, -0.1) is 0 Å². The minimum Gasteiger partial charge on any atom is -0.489 e. The fourth-order valence-corrected chi connectivity index (χ4v) is 3.90. The van der Waals surface area contributed by atoms with E-state index in [1.807, 2.05) is 80.6 Å². The van der Waals surface area contributed by atoms with Gasteiger partial charge in [-0.05, 0) is 73.0 Å². The van der Waals surface area contributed by atoms with Crippen LogP contribution in [0.25, 0.3) is 0 Å². The molecule has 4 rings (SSSR count). The SMILES string of the molecule is Cc1ccc(N2C[C@@H](C(=O)N/N=C\c3ccc(OCc4ccccc4Cl)cc3)CC2=O)cc1C. The van der Waals surface area contributed by atoms with Gasteiger partial charge in [0.15, 0.2) is 0 Å². The van der Waals surface area contributed by atoms with Crippen molar-refractivity contribution in [1.29, 1.82) is 0 Å². The quantitative estimate of drug-likeness (QED) is 0.384. The second-order valence-electron chi connectivity index (χ2n) is 8.36. The fraction of sp³-hybridized carbons (Fsp3) is 0.222. The van der Waals surface area contributed by atoms with E-state index in [4.69, 9.17) is 16.3 Å². The molecule has 0 aromatic heterocycles. The Hall–Kier alpha value is -3.64. The lowest BCUT2D eigenvalue weighted by Crippen LogP contribution is -2.30. The highest BCUT2D eigenvalue weighted by atomic mass is 35.5. The minimum atomic E-state index is -0.438. The summed E-state index contributed by atoms with van der Waals surface area (Å²) in [6, 6.07) is 20.8. The summed E-state index contributed by atoms with van der Waals surface area (Å²) in [6.45, 7) is 4.76. The zero-order valence-corrected chi connectivity index (χ0v) is 19.9. The molecule has 3 aromatic rings. The molecule has 1 aliphatic heterocycles. The van der Waals surface area contributed by atoms with E-state index in [1.165, 1.54) is 5.56 Å². The van der Waals surface area contributed by atoms with Crippen molar-refractivity contribution in [2.45, 2.75) is 26.9 Å². The number of benzene rings is 3. The number of anilines is 1. The molecule has 0 radical (unpaired) electrons. The topological polar surface area (TPSA) is 71.0 Å². The summed E-state index contributed by atoms with van der Waals surface area (Å²) in [4.78, 5) is 26.7. The summed E-state index contributed by atoms with van der Waals surface area (Å²) in [6.07, 6.45) is 1.74. The minimum absolute atomic E-state index is 0.0558. The lowest BCUT2D eigenvalue weighted by molar-refractivity contribution is -0.126. The van der Waals surface area contributed by atoms with Gasteiger partial charge in [-0.3, -0.25) is 9.59 Å². The molecule has 0 aliphatic carbocycles. The summed E-state index contributed by atoms with van der Waals surface area (Å²) in [5, 5.41) is 4.73. The van der Waals surface area contributed by atoms with Crippen LogP contribution in [0.15, 0.2) is 71.8 Å². The third-order valence-electron chi connectivity index (χ3n) is 5.92. The van der Waals surface area contributed by atoms with Crippen molar-refractivity contribution in [2.75, 3.05) is 11.4 Å². The van der Waals surface area contributed by atoms with Crippen LogP contribution in [0, 0.1) is 19.8 Å². The van der Waals surface area contributed by atoms with Crippen LogP contribution in [-0.4, -0.2) is 24.6 Å². The number of carbonyl (C=O) groups excluding carboxylic acids is 2. The van der Waals surface area contributed by atoms with E-state index < -0.39 is 5.92 Å². The number of nitrogens with one attached hydrogen (secondary N) is 1. The van der Waals surface area contributed by atoms with Crippen LogP contribution in [0.5, 0.6) is 5.75 Å². The Morgan fingerprint density at radius 3 is 2.62 bits per heavy atom. The Kier molecular flexibility index (Phi) is 7.28. The van der Waals surface area contributed by atoms with Gasteiger partial charge >= 0.3 is 0 Å². The van der Waals surface area contributed by atoms with Crippen molar-refractivity contribution in [3.8, 4) is 5.75 Å². The molecule has 1 N–H and O–H groups in total. The average Bonchev–Trinajstić information content (AvgIpc) is 3.23.